The Balaban J connectivity index is 2.01. The van der Waals surface area contributed by atoms with E-state index in [0.717, 1.165) is 22.6 Å². The molecule has 0 fully saturated rings. The lowest BCUT2D eigenvalue weighted by atomic mass is 10.2. The Morgan fingerprint density at radius 1 is 1.00 bits per heavy atom. The maximum Gasteiger partial charge on any atom is 0.205 e. The summed E-state index contributed by atoms with van der Waals surface area (Å²) in [5.74, 6) is 6.19. The zero-order valence-electron chi connectivity index (χ0n) is 12.2. The molecule has 0 unspecified atom stereocenters. The topological polar surface area (TPSA) is 43.6 Å². The van der Waals surface area contributed by atoms with Crippen LogP contribution < -0.4 is 0 Å². The largest absolute Gasteiger partial charge is 0.237 e. The van der Waals surface area contributed by atoms with Gasteiger partial charge >= 0.3 is 0 Å². The second kappa shape index (κ2) is 5.78. The molecule has 0 saturated heterocycles. The molecule has 3 aromatic rings. The number of aromatic nitrogens is 4. The Bertz CT molecular complexity index is 855. The summed E-state index contributed by atoms with van der Waals surface area (Å²) in [6, 6.07) is 7.94. The van der Waals surface area contributed by atoms with Gasteiger partial charge in [0, 0.05) is 12.4 Å². The standard InChI is InChI=1S/C17H13FN4/c1-12-16(8-9-17-19-10-3-11-20-17)13(2)22(21-12)15-6-4-14(18)5-7-15/h3-7,10-11H,1-2H3. The lowest BCUT2D eigenvalue weighted by Crippen LogP contribution is -1.99. The molecule has 5 heteroatoms. The van der Waals surface area contributed by atoms with Crippen LogP contribution in [0.25, 0.3) is 5.69 Å². The van der Waals surface area contributed by atoms with Crippen molar-refractivity contribution in [3.8, 4) is 17.5 Å². The first-order valence-corrected chi connectivity index (χ1v) is 6.76. The van der Waals surface area contributed by atoms with Gasteiger partial charge in [0.15, 0.2) is 0 Å². The van der Waals surface area contributed by atoms with Gasteiger partial charge in [0.25, 0.3) is 0 Å². The number of benzene rings is 1. The lowest BCUT2D eigenvalue weighted by Gasteiger charge is -2.03. The first-order valence-electron chi connectivity index (χ1n) is 6.76. The van der Waals surface area contributed by atoms with Crippen LogP contribution in [0.4, 0.5) is 4.39 Å². The van der Waals surface area contributed by atoms with E-state index in [9.17, 15) is 4.39 Å². The van der Waals surface area contributed by atoms with Crippen LogP contribution in [0.3, 0.4) is 0 Å². The molecule has 2 heterocycles. The first kappa shape index (κ1) is 14.0. The van der Waals surface area contributed by atoms with Gasteiger partial charge in [0.1, 0.15) is 5.82 Å². The van der Waals surface area contributed by atoms with Gasteiger partial charge in [0.2, 0.25) is 5.82 Å². The predicted molar refractivity (Wildman–Crippen MR) is 81.0 cm³/mol. The highest BCUT2D eigenvalue weighted by atomic mass is 19.1. The molecule has 108 valence electrons. The Labute approximate surface area is 127 Å². The molecule has 0 atom stereocenters. The van der Waals surface area contributed by atoms with Crippen molar-refractivity contribution < 1.29 is 4.39 Å². The molecule has 2 aromatic heterocycles. The summed E-state index contributed by atoms with van der Waals surface area (Å²) in [5, 5.41) is 4.47. The summed E-state index contributed by atoms with van der Waals surface area (Å²) in [6.07, 6.45) is 3.30. The SMILES string of the molecule is Cc1nn(-c2ccc(F)cc2)c(C)c1C#Cc1ncccn1. The van der Waals surface area contributed by atoms with E-state index in [1.807, 2.05) is 13.8 Å². The fourth-order valence-corrected chi connectivity index (χ4v) is 2.14. The van der Waals surface area contributed by atoms with E-state index in [0.29, 0.717) is 5.82 Å². The summed E-state index contributed by atoms with van der Waals surface area (Å²) < 4.78 is 14.8. The van der Waals surface area contributed by atoms with Crippen molar-refractivity contribution in [1.82, 2.24) is 19.7 Å². The second-order valence-electron chi connectivity index (χ2n) is 4.76. The van der Waals surface area contributed by atoms with E-state index >= 15 is 0 Å². The zero-order valence-corrected chi connectivity index (χ0v) is 12.2. The molecule has 0 spiro atoms. The third-order valence-corrected chi connectivity index (χ3v) is 3.23. The molecule has 1 aromatic carbocycles. The van der Waals surface area contributed by atoms with Gasteiger partial charge in [-0.1, -0.05) is 5.92 Å². The molecular formula is C17H13FN4. The minimum atomic E-state index is -0.272. The van der Waals surface area contributed by atoms with E-state index in [2.05, 4.69) is 26.9 Å². The van der Waals surface area contributed by atoms with E-state index in [1.165, 1.54) is 12.1 Å². The minimum Gasteiger partial charge on any atom is -0.237 e. The summed E-state index contributed by atoms with van der Waals surface area (Å²) in [7, 11) is 0. The van der Waals surface area contributed by atoms with Crippen molar-refractivity contribution in [2.75, 3.05) is 0 Å². The molecule has 0 bridgehead atoms. The minimum absolute atomic E-state index is 0.272. The van der Waals surface area contributed by atoms with Gasteiger partial charge in [0.05, 0.1) is 22.6 Å². The molecule has 0 N–H and O–H groups in total. The van der Waals surface area contributed by atoms with Gasteiger partial charge in [-0.3, -0.25) is 0 Å². The number of hydrogen-bond acceptors (Lipinski definition) is 3. The fourth-order valence-electron chi connectivity index (χ4n) is 2.14. The summed E-state index contributed by atoms with van der Waals surface area (Å²) in [5.41, 5.74) is 3.33. The number of halogens is 1. The van der Waals surface area contributed by atoms with Gasteiger partial charge < -0.3 is 0 Å². The van der Waals surface area contributed by atoms with E-state index in [1.54, 1.807) is 35.3 Å². The van der Waals surface area contributed by atoms with Crippen LogP contribution >= 0.6 is 0 Å². The van der Waals surface area contributed by atoms with Crippen molar-refractivity contribution in [3.05, 3.63) is 71.3 Å². The van der Waals surface area contributed by atoms with Crippen molar-refractivity contribution >= 4 is 0 Å². The summed E-state index contributed by atoms with van der Waals surface area (Å²) in [6.45, 7) is 3.82. The average Bonchev–Trinajstić information content (AvgIpc) is 2.82. The highest BCUT2D eigenvalue weighted by Gasteiger charge is 2.11. The van der Waals surface area contributed by atoms with Crippen LogP contribution in [0.1, 0.15) is 22.8 Å². The van der Waals surface area contributed by atoms with Gasteiger partial charge in [-0.2, -0.15) is 5.10 Å². The molecule has 0 aliphatic carbocycles. The number of aryl methyl sites for hydroxylation is 1. The zero-order chi connectivity index (χ0) is 15.5. The number of nitrogens with zero attached hydrogens (tertiary/aromatic N) is 4. The van der Waals surface area contributed by atoms with Crippen LogP contribution in [-0.2, 0) is 0 Å². The van der Waals surface area contributed by atoms with E-state index in [4.69, 9.17) is 0 Å². The normalized spacial score (nSPS) is 10.1. The maximum atomic E-state index is 13.0. The van der Waals surface area contributed by atoms with E-state index in [-0.39, 0.29) is 5.82 Å². The van der Waals surface area contributed by atoms with Crippen LogP contribution in [0, 0.1) is 31.5 Å². The van der Waals surface area contributed by atoms with Crippen LogP contribution in [0.15, 0.2) is 42.7 Å². The summed E-state index contributed by atoms with van der Waals surface area (Å²) >= 11 is 0. The van der Waals surface area contributed by atoms with Crippen LogP contribution in [-0.4, -0.2) is 19.7 Å². The fraction of sp³-hybridized carbons (Fsp3) is 0.118. The highest BCUT2D eigenvalue weighted by Crippen LogP contribution is 2.17. The molecule has 0 saturated carbocycles. The summed E-state index contributed by atoms with van der Waals surface area (Å²) in [4.78, 5) is 8.15. The Morgan fingerprint density at radius 3 is 2.36 bits per heavy atom. The van der Waals surface area contributed by atoms with Crippen molar-refractivity contribution in [2.24, 2.45) is 0 Å². The van der Waals surface area contributed by atoms with Crippen LogP contribution in [0.5, 0.6) is 0 Å². The molecule has 3 rings (SSSR count). The molecule has 22 heavy (non-hydrogen) atoms. The molecule has 0 aliphatic heterocycles. The monoisotopic (exact) mass is 292 g/mol. The van der Waals surface area contributed by atoms with Crippen molar-refractivity contribution in [2.45, 2.75) is 13.8 Å². The predicted octanol–water partition coefficient (Wildman–Crippen LogP) is 2.82. The number of hydrogen-bond donors (Lipinski definition) is 0. The Morgan fingerprint density at radius 2 is 1.68 bits per heavy atom. The molecule has 4 nitrogen and oxygen atoms in total. The Kier molecular flexibility index (Phi) is 3.67. The molecule has 0 amide bonds. The highest BCUT2D eigenvalue weighted by molar-refractivity contribution is 5.47. The lowest BCUT2D eigenvalue weighted by molar-refractivity contribution is 0.627. The van der Waals surface area contributed by atoms with Gasteiger partial charge in [-0.25, -0.2) is 19.0 Å². The first-order chi connectivity index (χ1) is 10.6. The Hall–Kier alpha value is -3.00. The third-order valence-electron chi connectivity index (χ3n) is 3.23. The quantitative estimate of drug-likeness (QED) is 0.648. The molecule has 0 aliphatic rings. The van der Waals surface area contributed by atoms with Crippen LogP contribution in [0.2, 0.25) is 0 Å². The van der Waals surface area contributed by atoms with E-state index < -0.39 is 0 Å². The van der Waals surface area contributed by atoms with Crippen molar-refractivity contribution in [3.63, 3.8) is 0 Å². The average molecular weight is 292 g/mol. The van der Waals surface area contributed by atoms with Crippen molar-refractivity contribution in [1.29, 1.82) is 0 Å². The number of rotatable bonds is 1. The molecule has 0 radical (unpaired) electrons. The maximum absolute atomic E-state index is 13.0. The molecular weight excluding hydrogens is 279 g/mol. The third kappa shape index (κ3) is 2.72. The van der Waals surface area contributed by atoms with Gasteiger partial charge in [-0.15, -0.1) is 0 Å². The second-order valence-corrected chi connectivity index (χ2v) is 4.76. The van der Waals surface area contributed by atoms with Gasteiger partial charge in [-0.05, 0) is 50.1 Å². The smallest absolute Gasteiger partial charge is 0.205 e.